The summed E-state index contributed by atoms with van der Waals surface area (Å²) in [6.45, 7) is 1.93. The zero-order valence-corrected chi connectivity index (χ0v) is 18.4. The van der Waals surface area contributed by atoms with Gasteiger partial charge in [0.2, 0.25) is 15.9 Å². The van der Waals surface area contributed by atoms with E-state index >= 15 is 0 Å². The fraction of sp³-hybridized carbons (Fsp3) is 0.350. The summed E-state index contributed by atoms with van der Waals surface area (Å²) >= 11 is 12.0. The minimum Gasteiger partial charge on any atom is -0.371 e. The van der Waals surface area contributed by atoms with Gasteiger partial charge in [-0.05, 0) is 42.7 Å². The Morgan fingerprint density at radius 3 is 2.69 bits per heavy atom. The van der Waals surface area contributed by atoms with Crippen LogP contribution in [0.5, 0.6) is 0 Å². The first-order valence-corrected chi connectivity index (χ1v) is 11.9. The van der Waals surface area contributed by atoms with Gasteiger partial charge >= 0.3 is 0 Å². The number of nitrogens with one attached hydrogen (secondary N) is 1. The molecule has 0 saturated carbocycles. The van der Waals surface area contributed by atoms with Crippen molar-refractivity contribution >= 4 is 50.5 Å². The number of hydrogen-bond donors (Lipinski definition) is 1. The SMILES string of the molecule is CS(=O)(=O)N(CC(=O)NCCCN1CCc2ccccc21)c1ccc(Cl)cc1Cl. The molecule has 3 rings (SSSR count). The van der Waals surface area contributed by atoms with Crippen molar-refractivity contribution < 1.29 is 13.2 Å². The van der Waals surface area contributed by atoms with E-state index in [4.69, 9.17) is 23.2 Å². The van der Waals surface area contributed by atoms with Crippen LogP contribution < -0.4 is 14.5 Å². The molecule has 0 unspecified atom stereocenters. The van der Waals surface area contributed by atoms with Crippen LogP contribution in [0.3, 0.4) is 0 Å². The number of para-hydroxylation sites is 1. The van der Waals surface area contributed by atoms with Gasteiger partial charge in [-0.2, -0.15) is 0 Å². The molecule has 9 heteroatoms. The molecule has 0 atom stereocenters. The first-order chi connectivity index (χ1) is 13.8. The lowest BCUT2D eigenvalue weighted by molar-refractivity contribution is -0.119. The van der Waals surface area contributed by atoms with Crippen LogP contribution in [0, 0.1) is 0 Å². The fourth-order valence-electron chi connectivity index (χ4n) is 3.39. The Hall–Kier alpha value is -1.96. The molecule has 0 aliphatic carbocycles. The highest BCUT2D eigenvalue weighted by Crippen LogP contribution is 2.30. The Kier molecular flexibility index (Phi) is 6.93. The quantitative estimate of drug-likeness (QED) is 0.619. The van der Waals surface area contributed by atoms with Crippen LogP contribution in [-0.4, -0.2) is 46.8 Å². The van der Waals surface area contributed by atoms with E-state index in [1.54, 1.807) is 0 Å². The van der Waals surface area contributed by atoms with Gasteiger partial charge in [0.1, 0.15) is 6.54 Å². The summed E-state index contributed by atoms with van der Waals surface area (Å²) in [5.41, 5.74) is 2.82. The molecule has 6 nitrogen and oxygen atoms in total. The van der Waals surface area contributed by atoms with E-state index in [-0.39, 0.29) is 23.2 Å². The van der Waals surface area contributed by atoms with Crippen LogP contribution in [0.1, 0.15) is 12.0 Å². The summed E-state index contributed by atoms with van der Waals surface area (Å²) in [6.07, 6.45) is 2.84. The van der Waals surface area contributed by atoms with Crippen molar-refractivity contribution in [2.75, 3.05) is 41.6 Å². The number of benzene rings is 2. The molecule has 29 heavy (non-hydrogen) atoms. The Balaban J connectivity index is 1.53. The van der Waals surface area contributed by atoms with Gasteiger partial charge in [-0.25, -0.2) is 8.42 Å². The van der Waals surface area contributed by atoms with Crippen molar-refractivity contribution in [1.29, 1.82) is 0 Å². The van der Waals surface area contributed by atoms with Crippen LogP contribution in [0.2, 0.25) is 10.0 Å². The number of fused-ring (bicyclic) bond motifs is 1. The van der Waals surface area contributed by atoms with E-state index in [0.29, 0.717) is 11.6 Å². The molecule has 0 aromatic heterocycles. The molecule has 0 bridgehead atoms. The number of anilines is 2. The smallest absolute Gasteiger partial charge is 0.240 e. The van der Waals surface area contributed by atoms with Crippen LogP contribution >= 0.6 is 23.2 Å². The van der Waals surface area contributed by atoms with E-state index in [2.05, 4.69) is 22.3 Å². The van der Waals surface area contributed by atoms with Crippen LogP contribution in [0.15, 0.2) is 42.5 Å². The standard InChI is InChI=1S/C20H23Cl2N3O3S/c1-29(27,28)25(19-8-7-16(21)13-17(19)22)14-20(26)23-10-4-11-24-12-9-15-5-2-3-6-18(15)24/h2-3,5-8,13H,4,9-12,14H2,1H3,(H,23,26). The molecule has 1 heterocycles. The Bertz CT molecular complexity index is 998. The van der Waals surface area contributed by atoms with E-state index in [1.807, 2.05) is 12.1 Å². The van der Waals surface area contributed by atoms with Crippen molar-refractivity contribution in [2.45, 2.75) is 12.8 Å². The molecule has 0 radical (unpaired) electrons. The van der Waals surface area contributed by atoms with E-state index < -0.39 is 10.0 Å². The Labute approximate surface area is 181 Å². The summed E-state index contributed by atoms with van der Waals surface area (Å²) < 4.78 is 25.3. The number of sulfonamides is 1. The van der Waals surface area contributed by atoms with Gasteiger partial charge in [-0.1, -0.05) is 41.4 Å². The molecule has 0 spiro atoms. The van der Waals surface area contributed by atoms with Gasteiger partial charge in [0.25, 0.3) is 0 Å². The van der Waals surface area contributed by atoms with Crippen molar-refractivity contribution in [1.82, 2.24) is 5.32 Å². The summed E-state index contributed by atoms with van der Waals surface area (Å²) in [4.78, 5) is 14.6. The fourth-order valence-corrected chi connectivity index (χ4v) is 4.82. The molecule has 1 aliphatic heterocycles. The van der Waals surface area contributed by atoms with Crippen LogP contribution in [0.25, 0.3) is 0 Å². The number of hydrogen-bond acceptors (Lipinski definition) is 4. The molecular weight excluding hydrogens is 433 g/mol. The average molecular weight is 456 g/mol. The second-order valence-electron chi connectivity index (χ2n) is 6.93. The lowest BCUT2D eigenvalue weighted by Gasteiger charge is -2.23. The minimum atomic E-state index is -3.69. The lowest BCUT2D eigenvalue weighted by Crippen LogP contribution is -2.41. The maximum Gasteiger partial charge on any atom is 0.240 e. The van der Waals surface area contributed by atoms with Gasteiger partial charge in [0.05, 0.1) is 17.0 Å². The van der Waals surface area contributed by atoms with E-state index in [0.717, 1.165) is 36.5 Å². The van der Waals surface area contributed by atoms with Gasteiger partial charge in [-0.3, -0.25) is 9.10 Å². The third-order valence-corrected chi connectivity index (χ3v) is 6.44. The predicted octanol–water partition coefficient (Wildman–Crippen LogP) is 3.33. The molecule has 1 aliphatic rings. The second-order valence-corrected chi connectivity index (χ2v) is 9.69. The number of carbonyl (C=O) groups excluding carboxylic acids is 1. The second kappa shape index (κ2) is 9.24. The topological polar surface area (TPSA) is 69.7 Å². The zero-order valence-electron chi connectivity index (χ0n) is 16.1. The van der Waals surface area contributed by atoms with Crippen molar-refractivity contribution in [2.24, 2.45) is 0 Å². The van der Waals surface area contributed by atoms with Gasteiger partial charge in [0.15, 0.2) is 0 Å². The number of rotatable bonds is 8. The monoisotopic (exact) mass is 455 g/mol. The summed E-state index contributed by atoms with van der Waals surface area (Å²) in [6, 6.07) is 12.8. The van der Waals surface area contributed by atoms with E-state index in [1.165, 1.54) is 29.4 Å². The molecule has 156 valence electrons. The number of nitrogens with zero attached hydrogens (tertiary/aromatic N) is 2. The molecule has 1 amide bonds. The van der Waals surface area contributed by atoms with Crippen molar-refractivity contribution in [3.8, 4) is 0 Å². The number of carbonyl (C=O) groups is 1. The molecule has 2 aromatic rings. The summed E-state index contributed by atoms with van der Waals surface area (Å²) in [7, 11) is -3.69. The Morgan fingerprint density at radius 1 is 1.21 bits per heavy atom. The number of halogens is 2. The normalized spacial score (nSPS) is 13.3. The maximum atomic E-state index is 12.3. The largest absolute Gasteiger partial charge is 0.371 e. The van der Waals surface area contributed by atoms with Gasteiger partial charge in [-0.15, -0.1) is 0 Å². The highest BCUT2D eigenvalue weighted by atomic mass is 35.5. The summed E-state index contributed by atoms with van der Waals surface area (Å²) in [5.74, 6) is -0.386. The summed E-state index contributed by atoms with van der Waals surface area (Å²) in [5, 5.41) is 3.35. The Morgan fingerprint density at radius 2 is 1.97 bits per heavy atom. The lowest BCUT2D eigenvalue weighted by atomic mass is 10.2. The highest BCUT2D eigenvalue weighted by Gasteiger charge is 2.23. The van der Waals surface area contributed by atoms with Crippen molar-refractivity contribution in [3.63, 3.8) is 0 Å². The first kappa shape index (κ1) is 21.7. The average Bonchev–Trinajstić information content (AvgIpc) is 3.06. The predicted molar refractivity (Wildman–Crippen MR) is 119 cm³/mol. The van der Waals surface area contributed by atoms with Crippen LogP contribution in [-0.2, 0) is 21.2 Å². The molecule has 0 fully saturated rings. The highest BCUT2D eigenvalue weighted by molar-refractivity contribution is 7.92. The maximum absolute atomic E-state index is 12.3. The molecular formula is C20H23Cl2N3O3S. The van der Waals surface area contributed by atoms with Gasteiger partial charge in [0, 0.05) is 30.3 Å². The first-order valence-electron chi connectivity index (χ1n) is 9.28. The third-order valence-electron chi connectivity index (χ3n) is 4.78. The third kappa shape index (κ3) is 5.56. The molecule has 2 aromatic carbocycles. The van der Waals surface area contributed by atoms with Crippen molar-refractivity contribution in [3.05, 3.63) is 58.1 Å². The molecule has 1 N–H and O–H groups in total. The number of amides is 1. The molecule has 0 saturated heterocycles. The van der Waals surface area contributed by atoms with Crippen LogP contribution in [0.4, 0.5) is 11.4 Å². The van der Waals surface area contributed by atoms with Gasteiger partial charge < -0.3 is 10.2 Å². The zero-order chi connectivity index (χ0) is 21.0. The van der Waals surface area contributed by atoms with E-state index in [9.17, 15) is 13.2 Å². The minimum absolute atomic E-state index is 0.170.